The first-order chi connectivity index (χ1) is 8.29. The Balaban J connectivity index is 2.04. The van der Waals surface area contributed by atoms with E-state index in [0.717, 1.165) is 25.2 Å². The molecule has 17 heavy (non-hydrogen) atoms. The first kappa shape index (κ1) is 12.4. The lowest BCUT2D eigenvalue weighted by molar-refractivity contribution is 0.118. The highest BCUT2D eigenvalue weighted by molar-refractivity contribution is 5.40. The SMILES string of the molecule is Nc1cccc(CN2CCCCCC2CO)c1. The molecule has 1 fully saturated rings. The number of aliphatic hydroxyl groups excluding tert-OH is 1. The van der Waals surface area contributed by atoms with Crippen LogP contribution in [-0.4, -0.2) is 29.2 Å². The number of likely N-dealkylation sites (tertiary alicyclic amines) is 1. The van der Waals surface area contributed by atoms with Gasteiger partial charge >= 0.3 is 0 Å². The molecular formula is C14H22N2O. The molecule has 1 aromatic carbocycles. The predicted molar refractivity (Wildman–Crippen MR) is 70.6 cm³/mol. The van der Waals surface area contributed by atoms with Crippen LogP contribution in [-0.2, 0) is 6.54 Å². The Kier molecular flexibility index (Phi) is 4.40. The third-order valence-corrected chi connectivity index (χ3v) is 3.55. The van der Waals surface area contributed by atoms with Gasteiger partial charge in [0.05, 0.1) is 6.61 Å². The molecule has 0 amide bonds. The number of benzene rings is 1. The maximum Gasteiger partial charge on any atom is 0.0586 e. The molecule has 3 N–H and O–H groups in total. The second kappa shape index (κ2) is 6.03. The summed E-state index contributed by atoms with van der Waals surface area (Å²) in [5.74, 6) is 0. The van der Waals surface area contributed by atoms with E-state index in [4.69, 9.17) is 5.73 Å². The molecule has 0 spiro atoms. The van der Waals surface area contributed by atoms with Crippen molar-refractivity contribution >= 4 is 5.69 Å². The Labute approximate surface area is 103 Å². The summed E-state index contributed by atoms with van der Waals surface area (Å²) < 4.78 is 0. The molecule has 3 nitrogen and oxygen atoms in total. The van der Waals surface area contributed by atoms with E-state index in [2.05, 4.69) is 11.0 Å². The minimum absolute atomic E-state index is 0.266. The van der Waals surface area contributed by atoms with Crippen LogP contribution in [0.3, 0.4) is 0 Å². The Morgan fingerprint density at radius 3 is 2.94 bits per heavy atom. The number of anilines is 1. The van der Waals surface area contributed by atoms with Crippen molar-refractivity contribution in [1.29, 1.82) is 0 Å². The average molecular weight is 234 g/mol. The molecule has 0 radical (unpaired) electrons. The molecule has 1 saturated heterocycles. The summed E-state index contributed by atoms with van der Waals surface area (Å²) in [7, 11) is 0. The summed E-state index contributed by atoms with van der Waals surface area (Å²) in [5, 5.41) is 9.45. The maximum atomic E-state index is 9.45. The zero-order valence-electron chi connectivity index (χ0n) is 10.3. The molecule has 3 heteroatoms. The fraction of sp³-hybridized carbons (Fsp3) is 0.571. The normalized spacial score (nSPS) is 22.3. The van der Waals surface area contributed by atoms with Crippen LogP contribution in [0.15, 0.2) is 24.3 Å². The first-order valence-corrected chi connectivity index (χ1v) is 6.49. The van der Waals surface area contributed by atoms with Gasteiger partial charge in [0.15, 0.2) is 0 Å². The highest BCUT2D eigenvalue weighted by Gasteiger charge is 2.20. The van der Waals surface area contributed by atoms with Crippen LogP contribution in [0.4, 0.5) is 5.69 Å². The summed E-state index contributed by atoms with van der Waals surface area (Å²) >= 11 is 0. The van der Waals surface area contributed by atoms with Gasteiger partial charge in [-0.2, -0.15) is 0 Å². The predicted octanol–water partition coefficient (Wildman–Crippen LogP) is 2.01. The molecule has 1 heterocycles. The number of hydrogen-bond acceptors (Lipinski definition) is 3. The van der Waals surface area contributed by atoms with E-state index < -0.39 is 0 Å². The van der Waals surface area contributed by atoms with E-state index >= 15 is 0 Å². The van der Waals surface area contributed by atoms with Crippen molar-refractivity contribution in [3.05, 3.63) is 29.8 Å². The number of nitrogens with zero attached hydrogens (tertiary/aromatic N) is 1. The van der Waals surface area contributed by atoms with Crippen molar-refractivity contribution in [3.8, 4) is 0 Å². The van der Waals surface area contributed by atoms with Crippen molar-refractivity contribution < 1.29 is 5.11 Å². The Morgan fingerprint density at radius 2 is 2.18 bits per heavy atom. The van der Waals surface area contributed by atoms with Crippen molar-refractivity contribution in [2.24, 2.45) is 0 Å². The van der Waals surface area contributed by atoms with Crippen LogP contribution in [0.2, 0.25) is 0 Å². The van der Waals surface area contributed by atoms with Crippen LogP contribution in [0.25, 0.3) is 0 Å². The lowest BCUT2D eigenvalue weighted by Crippen LogP contribution is -2.36. The van der Waals surface area contributed by atoms with E-state index in [-0.39, 0.29) is 6.61 Å². The fourth-order valence-corrected chi connectivity index (χ4v) is 2.58. The van der Waals surface area contributed by atoms with Gasteiger partial charge in [0.25, 0.3) is 0 Å². The van der Waals surface area contributed by atoms with Crippen LogP contribution < -0.4 is 5.73 Å². The van der Waals surface area contributed by atoms with Crippen LogP contribution in [0.5, 0.6) is 0 Å². The molecule has 0 aromatic heterocycles. The van der Waals surface area contributed by atoms with Gasteiger partial charge in [-0.25, -0.2) is 0 Å². The van der Waals surface area contributed by atoms with Gasteiger partial charge in [-0.15, -0.1) is 0 Å². The van der Waals surface area contributed by atoms with Gasteiger partial charge in [-0.3, -0.25) is 4.90 Å². The van der Waals surface area contributed by atoms with Crippen molar-refractivity contribution in [2.45, 2.75) is 38.3 Å². The first-order valence-electron chi connectivity index (χ1n) is 6.49. The van der Waals surface area contributed by atoms with Crippen molar-refractivity contribution in [1.82, 2.24) is 4.90 Å². The van der Waals surface area contributed by atoms with E-state index in [9.17, 15) is 5.11 Å². The summed E-state index contributed by atoms with van der Waals surface area (Å²) in [5.41, 5.74) is 7.85. The van der Waals surface area contributed by atoms with Gasteiger partial charge in [0, 0.05) is 18.3 Å². The number of nitrogens with two attached hydrogens (primary N) is 1. The topological polar surface area (TPSA) is 49.5 Å². The molecule has 1 aromatic rings. The molecule has 1 aliphatic heterocycles. The standard InChI is InChI=1S/C14H22N2O/c15-13-6-4-5-12(9-13)10-16-8-3-1-2-7-14(16)11-17/h4-6,9,14,17H,1-3,7-8,10-11,15H2. The maximum absolute atomic E-state index is 9.45. The third-order valence-electron chi connectivity index (χ3n) is 3.55. The number of aliphatic hydroxyl groups is 1. The van der Waals surface area contributed by atoms with Gasteiger partial charge in [-0.05, 0) is 37.1 Å². The van der Waals surface area contributed by atoms with Gasteiger partial charge in [-0.1, -0.05) is 25.0 Å². The zero-order valence-corrected chi connectivity index (χ0v) is 10.3. The molecule has 1 aliphatic rings. The molecule has 1 unspecified atom stereocenters. The molecule has 0 aliphatic carbocycles. The smallest absolute Gasteiger partial charge is 0.0586 e. The van der Waals surface area contributed by atoms with E-state index in [0.29, 0.717) is 6.04 Å². The van der Waals surface area contributed by atoms with Gasteiger partial charge in [0.2, 0.25) is 0 Å². The third kappa shape index (κ3) is 3.45. The molecule has 1 atom stereocenters. The molecule has 0 bridgehead atoms. The van der Waals surface area contributed by atoms with Crippen molar-refractivity contribution in [2.75, 3.05) is 18.9 Å². The summed E-state index contributed by atoms with van der Waals surface area (Å²) in [6.45, 7) is 2.25. The molecule has 94 valence electrons. The number of rotatable bonds is 3. The highest BCUT2D eigenvalue weighted by atomic mass is 16.3. The van der Waals surface area contributed by atoms with E-state index in [1.54, 1.807) is 0 Å². The largest absolute Gasteiger partial charge is 0.399 e. The van der Waals surface area contributed by atoms with E-state index in [1.165, 1.54) is 24.8 Å². The fourth-order valence-electron chi connectivity index (χ4n) is 2.58. The zero-order chi connectivity index (χ0) is 12.1. The summed E-state index contributed by atoms with van der Waals surface area (Å²) in [4.78, 5) is 2.39. The van der Waals surface area contributed by atoms with Crippen molar-refractivity contribution in [3.63, 3.8) is 0 Å². The number of nitrogen functional groups attached to an aromatic ring is 1. The number of hydrogen-bond donors (Lipinski definition) is 2. The Morgan fingerprint density at radius 1 is 1.29 bits per heavy atom. The second-order valence-electron chi connectivity index (χ2n) is 4.90. The average Bonchev–Trinajstić information content (AvgIpc) is 2.54. The lowest BCUT2D eigenvalue weighted by atomic mass is 10.1. The molecular weight excluding hydrogens is 212 g/mol. The minimum atomic E-state index is 0.266. The monoisotopic (exact) mass is 234 g/mol. The Hall–Kier alpha value is -1.06. The summed E-state index contributed by atoms with van der Waals surface area (Å²) in [6.07, 6.45) is 4.86. The Bertz CT molecular complexity index is 354. The molecule has 2 rings (SSSR count). The van der Waals surface area contributed by atoms with Crippen LogP contribution in [0.1, 0.15) is 31.2 Å². The minimum Gasteiger partial charge on any atom is -0.399 e. The lowest BCUT2D eigenvalue weighted by Gasteiger charge is -2.28. The van der Waals surface area contributed by atoms with Crippen LogP contribution >= 0.6 is 0 Å². The van der Waals surface area contributed by atoms with E-state index in [1.807, 2.05) is 18.2 Å². The molecule has 0 saturated carbocycles. The second-order valence-corrected chi connectivity index (χ2v) is 4.90. The quantitative estimate of drug-likeness (QED) is 0.787. The van der Waals surface area contributed by atoms with Gasteiger partial charge in [0.1, 0.15) is 0 Å². The highest BCUT2D eigenvalue weighted by Crippen LogP contribution is 2.19. The summed E-state index contributed by atoms with van der Waals surface area (Å²) in [6, 6.07) is 8.36. The van der Waals surface area contributed by atoms with Crippen LogP contribution in [0, 0.1) is 0 Å². The van der Waals surface area contributed by atoms with Gasteiger partial charge < -0.3 is 10.8 Å².